The number of likely N-dealkylation sites (N-methyl/N-ethyl adjacent to an activating group) is 1. The van der Waals surface area contributed by atoms with Gasteiger partial charge in [0.15, 0.2) is 0 Å². The molecule has 0 spiro atoms. The summed E-state index contributed by atoms with van der Waals surface area (Å²) in [7, 11) is 1.62. The minimum atomic E-state index is -0.464. The van der Waals surface area contributed by atoms with Gasteiger partial charge in [-0.15, -0.1) is 0 Å². The number of carbonyl (C=O) groups is 2. The smallest absolute Gasteiger partial charge is 0.312 e. The average Bonchev–Trinajstić information content (AvgIpc) is 2.19. The maximum atomic E-state index is 11.4. The molecule has 0 unspecified atom stereocenters. The Balaban J connectivity index is 2.60. The third-order valence-corrected chi connectivity index (χ3v) is 2.23. The van der Waals surface area contributed by atoms with Crippen molar-refractivity contribution in [2.24, 2.45) is 5.73 Å². The molecule has 1 aliphatic heterocycles. The van der Waals surface area contributed by atoms with E-state index in [9.17, 15) is 9.59 Å². The lowest BCUT2D eigenvalue weighted by Gasteiger charge is -2.31. The van der Waals surface area contributed by atoms with Gasteiger partial charge in [0.25, 0.3) is 0 Å². The summed E-state index contributed by atoms with van der Waals surface area (Å²) in [5.41, 5.74) is 6.12. The second-order valence-electron chi connectivity index (χ2n) is 3.41. The van der Waals surface area contributed by atoms with Gasteiger partial charge < -0.3 is 15.5 Å². The highest BCUT2D eigenvalue weighted by Gasteiger charge is 2.29. The maximum Gasteiger partial charge on any atom is 0.312 e. The maximum absolute atomic E-state index is 11.4. The summed E-state index contributed by atoms with van der Waals surface area (Å²) in [6, 6.07) is 0. The second kappa shape index (κ2) is 4.23. The number of amides is 2. The Morgan fingerprint density at radius 3 is 2.64 bits per heavy atom. The number of piperazine rings is 1. The van der Waals surface area contributed by atoms with Crippen molar-refractivity contribution in [3.63, 3.8) is 0 Å². The van der Waals surface area contributed by atoms with Gasteiger partial charge in [-0.1, -0.05) is 6.58 Å². The Hall–Kier alpha value is -1.36. The SMILES string of the molecule is C=C(CN)CN1CCN(C)C(=O)C1=O. The molecule has 1 aliphatic rings. The fourth-order valence-corrected chi connectivity index (χ4v) is 1.26. The zero-order valence-electron chi connectivity index (χ0n) is 8.32. The molecule has 5 heteroatoms. The number of nitrogens with two attached hydrogens (primary N) is 1. The van der Waals surface area contributed by atoms with Crippen LogP contribution in [-0.2, 0) is 9.59 Å². The topological polar surface area (TPSA) is 66.6 Å². The monoisotopic (exact) mass is 197 g/mol. The Labute approximate surface area is 83.1 Å². The van der Waals surface area contributed by atoms with Gasteiger partial charge >= 0.3 is 11.8 Å². The molecule has 78 valence electrons. The van der Waals surface area contributed by atoms with Crippen LogP contribution in [0.2, 0.25) is 0 Å². The minimum Gasteiger partial charge on any atom is -0.336 e. The van der Waals surface area contributed by atoms with Crippen molar-refractivity contribution in [3.8, 4) is 0 Å². The minimum absolute atomic E-state index is 0.341. The Morgan fingerprint density at radius 2 is 2.07 bits per heavy atom. The van der Waals surface area contributed by atoms with Crippen molar-refractivity contribution in [1.29, 1.82) is 0 Å². The standard InChI is InChI=1S/C9H15N3O2/c1-7(5-10)6-12-4-3-11(2)8(13)9(12)14/h1,3-6,10H2,2H3. The van der Waals surface area contributed by atoms with E-state index in [-0.39, 0.29) is 0 Å². The molecule has 14 heavy (non-hydrogen) atoms. The molecule has 5 nitrogen and oxygen atoms in total. The van der Waals surface area contributed by atoms with Crippen LogP contribution in [0.1, 0.15) is 0 Å². The molecule has 2 N–H and O–H groups in total. The third kappa shape index (κ3) is 2.11. The first kappa shape index (κ1) is 10.7. The van der Waals surface area contributed by atoms with Crippen LogP contribution in [0.3, 0.4) is 0 Å². The van der Waals surface area contributed by atoms with Crippen molar-refractivity contribution in [2.45, 2.75) is 0 Å². The molecule has 0 aromatic rings. The summed E-state index contributed by atoms with van der Waals surface area (Å²) < 4.78 is 0. The van der Waals surface area contributed by atoms with Crippen LogP contribution < -0.4 is 5.73 Å². The zero-order valence-corrected chi connectivity index (χ0v) is 8.32. The van der Waals surface area contributed by atoms with Crippen molar-refractivity contribution in [3.05, 3.63) is 12.2 Å². The van der Waals surface area contributed by atoms with Crippen molar-refractivity contribution < 1.29 is 9.59 Å². The first-order chi connectivity index (χ1) is 6.56. The predicted molar refractivity (Wildman–Crippen MR) is 52.4 cm³/mol. The highest BCUT2D eigenvalue weighted by molar-refractivity contribution is 6.35. The van der Waals surface area contributed by atoms with Crippen LogP contribution in [0.25, 0.3) is 0 Å². The molecule has 0 aliphatic carbocycles. The van der Waals surface area contributed by atoms with Gasteiger partial charge in [0.1, 0.15) is 0 Å². The van der Waals surface area contributed by atoms with Gasteiger partial charge in [-0.3, -0.25) is 9.59 Å². The summed E-state index contributed by atoms with van der Waals surface area (Å²) in [5, 5.41) is 0. The lowest BCUT2D eigenvalue weighted by Crippen LogP contribution is -2.53. The highest BCUT2D eigenvalue weighted by atomic mass is 16.2. The summed E-state index contributed by atoms with van der Waals surface area (Å²) in [4.78, 5) is 25.6. The molecular weight excluding hydrogens is 182 g/mol. The number of carbonyl (C=O) groups excluding carboxylic acids is 2. The van der Waals surface area contributed by atoms with Gasteiger partial charge in [-0.25, -0.2) is 0 Å². The van der Waals surface area contributed by atoms with E-state index in [4.69, 9.17) is 5.73 Å². The van der Waals surface area contributed by atoms with Crippen LogP contribution in [0.4, 0.5) is 0 Å². The Bertz CT molecular complexity index is 275. The average molecular weight is 197 g/mol. The lowest BCUT2D eigenvalue weighted by molar-refractivity contribution is -0.154. The van der Waals surface area contributed by atoms with Crippen molar-refractivity contribution in [1.82, 2.24) is 9.80 Å². The molecule has 0 saturated carbocycles. The van der Waals surface area contributed by atoms with E-state index < -0.39 is 11.8 Å². The van der Waals surface area contributed by atoms with Gasteiger partial charge in [-0.05, 0) is 5.57 Å². The second-order valence-corrected chi connectivity index (χ2v) is 3.41. The number of nitrogens with zero attached hydrogens (tertiary/aromatic N) is 2. The molecule has 0 aromatic carbocycles. The zero-order chi connectivity index (χ0) is 10.7. The molecule has 0 atom stereocenters. The first-order valence-electron chi connectivity index (χ1n) is 4.47. The van der Waals surface area contributed by atoms with E-state index >= 15 is 0 Å². The van der Waals surface area contributed by atoms with Crippen LogP contribution in [0, 0.1) is 0 Å². The Morgan fingerprint density at radius 1 is 1.43 bits per heavy atom. The summed E-state index contributed by atoms with van der Waals surface area (Å²) in [6.45, 7) is 5.55. The van der Waals surface area contributed by atoms with Crippen LogP contribution in [0.5, 0.6) is 0 Å². The quantitative estimate of drug-likeness (QED) is 0.456. The van der Waals surface area contributed by atoms with Crippen LogP contribution in [-0.4, -0.2) is 54.8 Å². The molecule has 1 fully saturated rings. The fraction of sp³-hybridized carbons (Fsp3) is 0.556. The van der Waals surface area contributed by atoms with Crippen molar-refractivity contribution >= 4 is 11.8 Å². The Kier molecular flexibility index (Phi) is 3.24. The van der Waals surface area contributed by atoms with E-state index in [1.54, 1.807) is 7.05 Å². The van der Waals surface area contributed by atoms with Gasteiger partial charge in [0.2, 0.25) is 0 Å². The van der Waals surface area contributed by atoms with E-state index in [1.807, 2.05) is 0 Å². The van der Waals surface area contributed by atoms with Crippen LogP contribution in [0.15, 0.2) is 12.2 Å². The molecule has 0 bridgehead atoms. The normalized spacial score (nSPS) is 17.6. The van der Waals surface area contributed by atoms with Crippen molar-refractivity contribution in [2.75, 3.05) is 33.2 Å². The molecule has 2 amide bonds. The van der Waals surface area contributed by atoms with E-state index in [0.717, 1.165) is 5.57 Å². The highest BCUT2D eigenvalue weighted by Crippen LogP contribution is 2.04. The molecule has 1 rings (SSSR count). The van der Waals surface area contributed by atoms with Gasteiger partial charge in [0.05, 0.1) is 0 Å². The molecule has 1 heterocycles. The van der Waals surface area contributed by atoms with Crippen LogP contribution >= 0.6 is 0 Å². The molecule has 1 saturated heterocycles. The van der Waals surface area contributed by atoms with E-state index in [0.29, 0.717) is 26.2 Å². The lowest BCUT2D eigenvalue weighted by atomic mass is 10.2. The molecular formula is C9H15N3O2. The first-order valence-corrected chi connectivity index (χ1v) is 4.47. The van der Waals surface area contributed by atoms with E-state index in [1.165, 1.54) is 9.80 Å². The molecule has 0 aromatic heterocycles. The molecule has 0 radical (unpaired) electrons. The van der Waals surface area contributed by atoms with Gasteiger partial charge in [-0.2, -0.15) is 0 Å². The number of hydrogen-bond acceptors (Lipinski definition) is 3. The third-order valence-electron chi connectivity index (χ3n) is 2.23. The fourth-order valence-electron chi connectivity index (χ4n) is 1.26. The summed E-state index contributed by atoms with van der Waals surface area (Å²) in [6.07, 6.45) is 0. The largest absolute Gasteiger partial charge is 0.336 e. The van der Waals surface area contributed by atoms with Gasteiger partial charge in [0, 0.05) is 33.2 Å². The summed E-state index contributed by atoms with van der Waals surface area (Å²) in [5.74, 6) is -0.922. The van der Waals surface area contributed by atoms with E-state index in [2.05, 4.69) is 6.58 Å². The number of rotatable bonds is 3. The predicted octanol–water partition coefficient (Wildman–Crippen LogP) is -1.20. The summed E-state index contributed by atoms with van der Waals surface area (Å²) >= 11 is 0. The number of hydrogen-bond donors (Lipinski definition) is 1.